The number of rotatable bonds is 3. The first-order chi connectivity index (χ1) is 7.65. The first kappa shape index (κ1) is 10.7. The number of hydrogen-bond donors (Lipinski definition) is 2. The van der Waals surface area contributed by atoms with Crippen LogP contribution in [0.1, 0.15) is 17.1 Å². The van der Waals surface area contributed by atoms with Gasteiger partial charge in [-0.2, -0.15) is 0 Å². The Balaban J connectivity index is 2.02. The van der Waals surface area contributed by atoms with Gasteiger partial charge in [0, 0.05) is 18.3 Å². The quantitative estimate of drug-likeness (QED) is 0.778. The molecule has 0 unspecified atom stereocenters. The second-order valence-corrected chi connectivity index (χ2v) is 3.87. The van der Waals surface area contributed by atoms with E-state index in [0.29, 0.717) is 0 Å². The molecule has 0 bridgehead atoms. The van der Waals surface area contributed by atoms with E-state index in [1.807, 2.05) is 6.92 Å². The van der Waals surface area contributed by atoms with Crippen LogP contribution in [-0.4, -0.2) is 9.97 Å². The molecule has 0 saturated carbocycles. The van der Waals surface area contributed by atoms with Gasteiger partial charge in [0.1, 0.15) is 11.6 Å². The van der Waals surface area contributed by atoms with Crippen molar-refractivity contribution >= 4 is 5.69 Å². The molecule has 2 aromatic rings. The molecular formula is C12H14FN3. The Morgan fingerprint density at radius 1 is 1.38 bits per heavy atom. The number of benzene rings is 1. The molecule has 16 heavy (non-hydrogen) atoms. The van der Waals surface area contributed by atoms with E-state index in [1.165, 1.54) is 6.07 Å². The van der Waals surface area contributed by atoms with E-state index in [4.69, 9.17) is 5.73 Å². The smallest absolute Gasteiger partial charge is 0.146 e. The number of nitrogen functional groups attached to an aromatic ring is 1. The Labute approximate surface area is 93.5 Å². The fraction of sp³-hybridized carbons (Fsp3) is 0.250. The molecule has 0 amide bonds. The van der Waals surface area contributed by atoms with Crippen molar-refractivity contribution in [2.24, 2.45) is 0 Å². The topological polar surface area (TPSA) is 54.7 Å². The van der Waals surface area contributed by atoms with Crippen LogP contribution < -0.4 is 5.73 Å². The second-order valence-electron chi connectivity index (χ2n) is 3.87. The zero-order chi connectivity index (χ0) is 11.5. The summed E-state index contributed by atoms with van der Waals surface area (Å²) < 4.78 is 12.9. The van der Waals surface area contributed by atoms with Gasteiger partial charge in [-0.1, -0.05) is 6.07 Å². The van der Waals surface area contributed by atoms with Gasteiger partial charge in [0.25, 0.3) is 0 Å². The predicted octanol–water partition coefficient (Wildman–Crippen LogP) is 2.22. The molecule has 0 radical (unpaired) electrons. The molecule has 1 heterocycles. The SMILES string of the molecule is Cc1cnc(CCc2ccc(F)c(N)c2)[nH]1. The summed E-state index contributed by atoms with van der Waals surface area (Å²) in [7, 11) is 0. The highest BCUT2D eigenvalue weighted by Crippen LogP contribution is 2.13. The van der Waals surface area contributed by atoms with E-state index in [2.05, 4.69) is 9.97 Å². The number of imidazole rings is 1. The number of hydrogen-bond acceptors (Lipinski definition) is 2. The van der Waals surface area contributed by atoms with Crippen molar-refractivity contribution in [3.63, 3.8) is 0 Å². The largest absolute Gasteiger partial charge is 0.396 e. The van der Waals surface area contributed by atoms with Crippen LogP contribution in [0.15, 0.2) is 24.4 Å². The van der Waals surface area contributed by atoms with Crippen molar-refractivity contribution in [2.75, 3.05) is 5.73 Å². The van der Waals surface area contributed by atoms with E-state index in [0.717, 1.165) is 29.9 Å². The number of anilines is 1. The van der Waals surface area contributed by atoms with Gasteiger partial charge in [-0.15, -0.1) is 0 Å². The van der Waals surface area contributed by atoms with E-state index in [1.54, 1.807) is 18.3 Å². The molecule has 1 aromatic heterocycles. The molecule has 84 valence electrons. The lowest BCUT2D eigenvalue weighted by molar-refractivity contribution is 0.631. The minimum Gasteiger partial charge on any atom is -0.396 e. The van der Waals surface area contributed by atoms with E-state index < -0.39 is 0 Å². The Bertz CT molecular complexity index is 491. The average molecular weight is 219 g/mol. The van der Waals surface area contributed by atoms with Crippen LogP contribution in [0.25, 0.3) is 0 Å². The molecule has 3 N–H and O–H groups in total. The summed E-state index contributed by atoms with van der Waals surface area (Å²) in [5, 5.41) is 0. The van der Waals surface area contributed by atoms with Gasteiger partial charge >= 0.3 is 0 Å². The van der Waals surface area contributed by atoms with Crippen LogP contribution in [0.5, 0.6) is 0 Å². The molecule has 0 atom stereocenters. The summed E-state index contributed by atoms with van der Waals surface area (Å²) in [5.41, 5.74) is 7.77. The van der Waals surface area contributed by atoms with Crippen LogP contribution in [0, 0.1) is 12.7 Å². The summed E-state index contributed by atoms with van der Waals surface area (Å²) in [4.78, 5) is 7.37. The van der Waals surface area contributed by atoms with E-state index >= 15 is 0 Å². The first-order valence-electron chi connectivity index (χ1n) is 5.19. The lowest BCUT2D eigenvalue weighted by Gasteiger charge is -2.02. The molecule has 0 aliphatic rings. The third kappa shape index (κ3) is 2.39. The highest BCUT2D eigenvalue weighted by atomic mass is 19.1. The van der Waals surface area contributed by atoms with Crippen molar-refractivity contribution in [3.05, 3.63) is 47.3 Å². The summed E-state index contributed by atoms with van der Waals surface area (Å²) in [6.07, 6.45) is 3.41. The van der Waals surface area contributed by atoms with Crippen LogP contribution >= 0.6 is 0 Å². The Morgan fingerprint density at radius 2 is 2.19 bits per heavy atom. The van der Waals surface area contributed by atoms with Gasteiger partial charge in [-0.25, -0.2) is 9.37 Å². The fourth-order valence-electron chi connectivity index (χ4n) is 1.61. The molecule has 0 saturated heterocycles. The summed E-state index contributed by atoms with van der Waals surface area (Å²) in [6, 6.07) is 4.82. The Morgan fingerprint density at radius 3 is 2.81 bits per heavy atom. The predicted molar refractivity (Wildman–Crippen MR) is 61.5 cm³/mol. The third-order valence-electron chi connectivity index (χ3n) is 2.47. The van der Waals surface area contributed by atoms with Crippen LogP contribution in [0.4, 0.5) is 10.1 Å². The number of nitrogens with one attached hydrogen (secondary N) is 1. The monoisotopic (exact) mass is 219 g/mol. The zero-order valence-corrected chi connectivity index (χ0v) is 9.13. The molecule has 0 spiro atoms. The lowest BCUT2D eigenvalue weighted by Crippen LogP contribution is -1.97. The van der Waals surface area contributed by atoms with E-state index in [-0.39, 0.29) is 11.5 Å². The van der Waals surface area contributed by atoms with Gasteiger partial charge in [0.2, 0.25) is 0 Å². The Hall–Kier alpha value is -1.84. The minimum absolute atomic E-state index is 0.202. The summed E-state index contributed by atoms with van der Waals surface area (Å²) in [6.45, 7) is 1.96. The van der Waals surface area contributed by atoms with Crippen molar-refractivity contribution in [1.29, 1.82) is 0 Å². The maximum atomic E-state index is 12.9. The highest BCUT2D eigenvalue weighted by molar-refractivity contribution is 5.42. The van der Waals surface area contributed by atoms with Crippen LogP contribution in [-0.2, 0) is 12.8 Å². The minimum atomic E-state index is -0.363. The van der Waals surface area contributed by atoms with Gasteiger partial charge in [0.15, 0.2) is 0 Å². The molecule has 0 aliphatic carbocycles. The van der Waals surface area contributed by atoms with Crippen molar-refractivity contribution < 1.29 is 4.39 Å². The van der Waals surface area contributed by atoms with Crippen molar-refractivity contribution in [3.8, 4) is 0 Å². The molecule has 2 rings (SSSR count). The molecule has 0 aliphatic heterocycles. The highest BCUT2D eigenvalue weighted by Gasteiger charge is 2.02. The average Bonchev–Trinajstić information content (AvgIpc) is 2.66. The lowest BCUT2D eigenvalue weighted by atomic mass is 10.1. The van der Waals surface area contributed by atoms with Gasteiger partial charge in [0.05, 0.1) is 5.69 Å². The van der Waals surface area contributed by atoms with Crippen molar-refractivity contribution in [2.45, 2.75) is 19.8 Å². The molecule has 4 heteroatoms. The Kier molecular flexibility index (Phi) is 2.90. The molecule has 0 fully saturated rings. The molecular weight excluding hydrogens is 205 g/mol. The summed E-state index contributed by atoms with van der Waals surface area (Å²) >= 11 is 0. The van der Waals surface area contributed by atoms with E-state index in [9.17, 15) is 4.39 Å². The maximum absolute atomic E-state index is 12.9. The molecule has 1 aromatic carbocycles. The second kappa shape index (κ2) is 4.35. The van der Waals surface area contributed by atoms with Gasteiger partial charge in [-0.3, -0.25) is 0 Å². The molecule has 3 nitrogen and oxygen atoms in total. The first-order valence-corrected chi connectivity index (χ1v) is 5.19. The number of nitrogens with zero attached hydrogens (tertiary/aromatic N) is 1. The number of aryl methyl sites for hydroxylation is 3. The third-order valence-corrected chi connectivity index (χ3v) is 2.47. The van der Waals surface area contributed by atoms with Crippen LogP contribution in [0.3, 0.4) is 0 Å². The number of nitrogens with two attached hydrogens (primary N) is 1. The number of aromatic amines is 1. The number of aromatic nitrogens is 2. The maximum Gasteiger partial charge on any atom is 0.146 e. The number of H-pyrrole nitrogens is 1. The zero-order valence-electron chi connectivity index (χ0n) is 9.13. The van der Waals surface area contributed by atoms with Crippen molar-refractivity contribution in [1.82, 2.24) is 9.97 Å². The number of halogens is 1. The van der Waals surface area contributed by atoms with Gasteiger partial charge < -0.3 is 10.7 Å². The fourth-order valence-corrected chi connectivity index (χ4v) is 1.61. The summed E-state index contributed by atoms with van der Waals surface area (Å²) in [5.74, 6) is 0.581. The van der Waals surface area contributed by atoms with Crippen LogP contribution in [0.2, 0.25) is 0 Å². The standard InChI is InChI=1S/C12H14FN3/c1-8-7-15-12(16-8)5-3-9-2-4-10(13)11(14)6-9/h2,4,6-7H,3,5,14H2,1H3,(H,15,16). The normalized spacial score (nSPS) is 10.6. The van der Waals surface area contributed by atoms with Gasteiger partial charge in [-0.05, 0) is 31.0 Å².